The van der Waals surface area contributed by atoms with E-state index in [9.17, 15) is 13.2 Å². The minimum atomic E-state index is -4.38. The van der Waals surface area contributed by atoms with Gasteiger partial charge in [0.05, 0.1) is 4.88 Å². The molecule has 146 valence electrons. The summed E-state index contributed by atoms with van der Waals surface area (Å²) in [5.74, 6) is 2.64. The lowest BCUT2D eigenvalue weighted by Gasteiger charge is -2.57. The molecule has 0 unspecified atom stereocenters. The number of nitrogens with one attached hydrogen (secondary N) is 1. The Bertz CT molecular complexity index is 816. The Morgan fingerprint density at radius 3 is 2.37 bits per heavy atom. The van der Waals surface area contributed by atoms with Crippen LogP contribution in [0.15, 0.2) is 18.3 Å². The van der Waals surface area contributed by atoms with Crippen LogP contribution < -0.4 is 5.32 Å². The lowest BCUT2D eigenvalue weighted by atomic mass is 9.53. The van der Waals surface area contributed by atoms with Gasteiger partial charge in [0, 0.05) is 30.2 Å². The van der Waals surface area contributed by atoms with Gasteiger partial charge in [-0.15, -0.1) is 11.3 Å². The molecule has 4 aliphatic rings. The molecule has 0 radical (unpaired) electrons. The van der Waals surface area contributed by atoms with Crippen molar-refractivity contribution in [2.45, 2.75) is 56.8 Å². The first-order valence-electron chi connectivity index (χ1n) is 9.75. The van der Waals surface area contributed by atoms with Crippen molar-refractivity contribution in [3.05, 3.63) is 28.8 Å². The number of aromatic nitrogens is 2. The summed E-state index contributed by atoms with van der Waals surface area (Å²) in [6, 6.07) is 3.72. The van der Waals surface area contributed by atoms with Gasteiger partial charge in [-0.2, -0.15) is 18.3 Å². The van der Waals surface area contributed by atoms with E-state index in [4.69, 9.17) is 0 Å². The third-order valence-electron chi connectivity index (χ3n) is 6.71. The van der Waals surface area contributed by atoms with Gasteiger partial charge in [0.2, 0.25) is 0 Å². The molecule has 4 aliphatic carbocycles. The number of hydrogen-bond donors (Lipinski definition) is 1. The summed E-state index contributed by atoms with van der Waals surface area (Å²) < 4.78 is 41.0. The quantitative estimate of drug-likeness (QED) is 0.769. The molecule has 0 amide bonds. The normalized spacial score (nSPS) is 32.4. The van der Waals surface area contributed by atoms with E-state index in [1.54, 1.807) is 6.07 Å². The van der Waals surface area contributed by atoms with E-state index in [1.165, 1.54) is 61.6 Å². The maximum Gasteiger partial charge on any atom is 0.420 e. The summed E-state index contributed by atoms with van der Waals surface area (Å²) in [7, 11) is 1.53. The zero-order chi connectivity index (χ0) is 18.8. The van der Waals surface area contributed by atoms with Crippen LogP contribution >= 0.6 is 11.3 Å². The molecule has 4 bridgehead atoms. The average Bonchev–Trinajstić information content (AvgIpc) is 3.17. The summed E-state index contributed by atoms with van der Waals surface area (Å²) in [5, 5.41) is 7.88. The van der Waals surface area contributed by atoms with Crippen LogP contribution in [0.3, 0.4) is 0 Å². The van der Waals surface area contributed by atoms with Crippen LogP contribution in [0.25, 0.3) is 10.6 Å². The van der Waals surface area contributed by atoms with Crippen molar-refractivity contribution in [3.63, 3.8) is 0 Å². The SMILES string of the molecule is Cn1cc(C(F)(F)F)c(-c2ccc(CNC34CC5CC(CC(C5)C3)C4)s2)n1. The largest absolute Gasteiger partial charge is 0.420 e. The van der Waals surface area contributed by atoms with Gasteiger partial charge in [-0.05, 0) is 68.4 Å². The molecule has 27 heavy (non-hydrogen) atoms. The Kier molecular flexibility index (Phi) is 3.99. The second-order valence-corrected chi connectivity index (χ2v) is 10.0. The van der Waals surface area contributed by atoms with Crippen molar-refractivity contribution in [1.82, 2.24) is 15.1 Å². The minimum Gasteiger partial charge on any atom is -0.306 e. The molecule has 3 nitrogen and oxygen atoms in total. The number of hydrogen-bond acceptors (Lipinski definition) is 3. The van der Waals surface area contributed by atoms with E-state index in [-0.39, 0.29) is 11.2 Å². The first kappa shape index (κ1) is 17.7. The lowest BCUT2D eigenvalue weighted by molar-refractivity contribution is -0.137. The number of aryl methyl sites for hydroxylation is 1. The smallest absolute Gasteiger partial charge is 0.306 e. The zero-order valence-corrected chi connectivity index (χ0v) is 16.2. The summed E-state index contributed by atoms with van der Waals surface area (Å²) in [6.45, 7) is 0.741. The van der Waals surface area contributed by atoms with Crippen LogP contribution in [-0.4, -0.2) is 15.3 Å². The fourth-order valence-electron chi connectivity index (χ4n) is 6.08. The Morgan fingerprint density at radius 2 is 1.78 bits per heavy atom. The predicted molar refractivity (Wildman–Crippen MR) is 99.3 cm³/mol. The first-order chi connectivity index (χ1) is 12.8. The number of alkyl halides is 3. The van der Waals surface area contributed by atoms with Gasteiger partial charge < -0.3 is 5.32 Å². The maximum absolute atomic E-state index is 13.3. The Morgan fingerprint density at radius 1 is 1.15 bits per heavy atom. The van der Waals surface area contributed by atoms with Crippen molar-refractivity contribution >= 4 is 11.3 Å². The van der Waals surface area contributed by atoms with Crippen LogP contribution in [0.5, 0.6) is 0 Å². The summed E-state index contributed by atoms with van der Waals surface area (Å²) >= 11 is 1.42. The summed E-state index contributed by atoms with van der Waals surface area (Å²) in [4.78, 5) is 1.67. The van der Waals surface area contributed by atoms with E-state index < -0.39 is 11.7 Å². The van der Waals surface area contributed by atoms with Gasteiger partial charge in [-0.3, -0.25) is 4.68 Å². The molecule has 0 atom stereocenters. The number of rotatable bonds is 4. The fourth-order valence-corrected chi connectivity index (χ4v) is 7.03. The Balaban J connectivity index is 1.32. The van der Waals surface area contributed by atoms with E-state index in [0.717, 1.165) is 35.4 Å². The van der Waals surface area contributed by atoms with Crippen LogP contribution in [0, 0.1) is 17.8 Å². The molecule has 0 aromatic carbocycles. The van der Waals surface area contributed by atoms with Gasteiger partial charge in [-0.1, -0.05) is 0 Å². The van der Waals surface area contributed by atoms with Crippen LogP contribution in [0.4, 0.5) is 13.2 Å². The van der Waals surface area contributed by atoms with Crippen molar-refractivity contribution in [2.75, 3.05) is 0 Å². The molecule has 4 fully saturated rings. The molecule has 1 N–H and O–H groups in total. The second kappa shape index (κ2) is 6.08. The Hall–Kier alpha value is -1.34. The third-order valence-corrected chi connectivity index (χ3v) is 7.80. The van der Waals surface area contributed by atoms with Crippen molar-refractivity contribution < 1.29 is 13.2 Å². The third kappa shape index (κ3) is 3.23. The molecule has 0 aliphatic heterocycles. The zero-order valence-electron chi connectivity index (χ0n) is 15.4. The highest BCUT2D eigenvalue weighted by atomic mass is 32.1. The van der Waals surface area contributed by atoms with Gasteiger partial charge >= 0.3 is 6.18 Å². The number of halogens is 3. The molecule has 0 saturated heterocycles. The van der Waals surface area contributed by atoms with Crippen molar-refractivity contribution in [3.8, 4) is 10.6 Å². The number of nitrogens with zero attached hydrogens (tertiary/aromatic N) is 2. The lowest BCUT2D eigenvalue weighted by Crippen LogP contribution is -2.58. The van der Waals surface area contributed by atoms with E-state index in [1.807, 2.05) is 6.07 Å². The first-order valence-corrected chi connectivity index (χ1v) is 10.6. The molecule has 6 rings (SSSR count). The molecule has 2 aromatic rings. The predicted octanol–water partition coefficient (Wildman–Crippen LogP) is 5.23. The Labute approximate surface area is 161 Å². The average molecular weight is 395 g/mol. The van der Waals surface area contributed by atoms with Crippen molar-refractivity contribution in [1.29, 1.82) is 0 Å². The van der Waals surface area contributed by atoms with Gasteiger partial charge in [0.25, 0.3) is 0 Å². The van der Waals surface area contributed by atoms with Gasteiger partial charge in [0.15, 0.2) is 0 Å². The highest BCUT2D eigenvalue weighted by Gasteiger charge is 2.50. The molecule has 2 aromatic heterocycles. The maximum atomic E-state index is 13.3. The molecule has 4 saturated carbocycles. The van der Waals surface area contributed by atoms with E-state index in [0.29, 0.717) is 4.88 Å². The molecule has 2 heterocycles. The highest BCUT2D eigenvalue weighted by Crippen LogP contribution is 2.55. The fraction of sp³-hybridized carbons (Fsp3) is 0.650. The molecule has 7 heteroatoms. The molecular weight excluding hydrogens is 371 g/mol. The van der Waals surface area contributed by atoms with Gasteiger partial charge in [0.1, 0.15) is 11.3 Å². The monoisotopic (exact) mass is 395 g/mol. The number of thiophene rings is 1. The van der Waals surface area contributed by atoms with E-state index in [2.05, 4.69) is 10.4 Å². The molecule has 0 spiro atoms. The highest BCUT2D eigenvalue weighted by molar-refractivity contribution is 7.15. The van der Waals surface area contributed by atoms with Gasteiger partial charge in [-0.25, -0.2) is 0 Å². The van der Waals surface area contributed by atoms with Crippen LogP contribution in [0.2, 0.25) is 0 Å². The summed E-state index contributed by atoms with van der Waals surface area (Å²) in [6.07, 6.45) is 4.71. The molecular formula is C20H24F3N3S. The topological polar surface area (TPSA) is 29.9 Å². The van der Waals surface area contributed by atoms with Crippen LogP contribution in [-0.2, 0) is 19.8 Å². The standard InChI is InChI=1S/C20H24F3N3S/c1-26-11-16(20(21,22)23)18(25-26)17-3-2-15(27-17)10-24-19-7-12-4-13(8-19)6-14(5-12)9-19/h2-3,11-14,24H,4-10H2,1H3. The van der Waals surface area contributed by atoms with Crippen LogP contribution in [0.1, 0.15) is 49.0 Å². The van der Waals surface area contributed by atoms with Crippen molar-refractivity contribution in [2.24, 2.45) is 24.8 Å². The second-order valence-electron chi connectivity index (χ2n) is 8.88. The van der Waals surface area contributed by atoms with E-state index >= 15 is 0 Å². The summed E-state index contributed by atoms with van der Waals surface area (Å²) in [5.41, 5.74) is -0.357. The minimum absolute atomic E-state index is 0.0380.